The number of unbranched alkanes of at least 4 members (excludes halogenated alkanes) is 10. The molecule has 61 heavy (non-hydrogen) atoms. The molecule has 0 saturated heterocycles. The van der Waals surface area contributed by atoms with E-state index in [2.05, 4.69) is 55.7 Å². The van der Waals surface area contributed by atoms with E-state index in [0.717, 1.165) is 76.2 Å². The summed E-state index contributed by atoms with van der Waals surface area (Å²) in [6, 6.07) is 10.3. The number of aliphatic imine (C=N–C) groups is 8. The first-order valence-corrected chi connectivity index (χ1v) is 22.9. The van der Waals surface area contributed by atoms with Crippen LogP contribution in [0, 0.1) is 0 Å². The molecule has 0 aromatic heterocycles. The van der Waals surface area contributed by atoms with Crippen molar-refractivity contribution in [1.29, 1.82) is 0 Å². The summed E-state index contributed by atoms with van der Waals surface area (Å²) in [5.74, 6) is 6.38. The van der Waals surface area contributed by atoms with E-state index in [-0.39, 0.29) is 0 Å². The molecule has 12 heteroatoms. The van der Waals surface area contributed by atoms with Gasteiger partial charge < -0.3 is 9.47 Å². The van der Waals surface area contributed by atoms with Crippen molar-refractivity contribution >= 4 is 46.9 Å². The van der Waals surface area contributed by atoms with Crippen LogP contribution in [0.15, 0.2) is 140 Å². The quantitative estimate of drug-likeness (QED) is 0.117. The highest BCUT2D eigenvalue weighted by molar-refractivity contribution is 6.32. The van der Waals surface area contributed by atoms with E-state index < -0.39 is 0 Å². The maximum absolute atomic E-state index is 6.66. The summed E-state index contributed by atoms with van der Waals surface area (Å²) >= 11 is 0. The van der Waals surface area contributed by atoms with Crippen LogP contribution in [-0.2, 0) is 16.0 Å². The molecule has 8 aliphatic rings. The first-order chi connectivity index (χ1) is 30.1. The van der Waals surface area contributed by atoms with Gasteiger partial charge in [0.15, 0.2) is 35.0 Å². The van der Waals surface area contributed by atoms with E-state index in [1.54, 1.807) is 0 Å². The summed E-state index contributed by atoms with van der Waals surface area (Å²) in [5, 5.41) is 1.93. The van der Waals surface area contributed by atoms with Gasteiger partial charge in [0.25, 0.3) is 0 Å². The van der Waals surface area contributed by atoms with Crippen molar-refractivity contribution in [1.82, 2.24) is 10.4 Å². The van der Waals surface area contributed by atoms with Crippen LogP contribution in [0.4, 0.5) is 0 Å². The number of rotatable bonds is 18. The molecule has 0 fully saturated rings. The van der Waals surface area contributed by atoms with Gasteiger partial charge in [-0.3, -0.25) is 5.43 Å². The minimum atomic E-state index is 0.422. The summed E-state index contributed by atoms with van der Waals surface area (Å²) < 4.78 is 13.3. The minimum absolute atomic E-state index is 0.422. The van der Waals surface area contributed by atoms with E-state index in [4.69, 9.17) is 49.4 Å². The molecule has 0 spiro atoms. The topological polar surface area (TPSA) is 133 Å². The Morgan fingerprint density at radius 2 is 0.902 bits per heavy atom. The fourth-order valence-electron chi connectivity index (χ4n) is 8.80. The average molecular weight is 819 g/mol. The van der Waals surface area contributed by atoms with Crippen LogP contribution >= 0.6 is 0 Å². The van der Waals surface area contributed by atoms with Crippen molar-refractivity contribution < 1.29 is 9.47 Å². The van der Waals surface area contributed by atoms with Gasteiger partial charge in [-0.05, 0) is 44.1 Å². The number of nitrogens with one attached hydrogen (secondary N) is 1. The third kappa shape index (κ3) is 9.28. The van der Waals surface area contributed by atoms with Crippen molar-refractivity contribution in [2.24, 2.45) is 39.9 Å². The third-order valence-electron chi connectivity index (χ3n) is 12.2. The van der Waals surface area contributed by atoms with Crippen LogP contribution < -0.4 is 5.43 Å². The summed E-state index contributed by atoms with van der Waals surface area (Å²) in [7, 11) is 0. The van der Waals surface area contributed by atoms with Gasteiger partial charge in [0.2, 0.25) is 11.9 Å². The number of nitrogens with zero attached hydrogens (tertiary/aromatic N) is 9. The molecule has 0 saturated carbocycles. The molecule has 0 atom stereocenters. The molecule has 0 radical (unpaired) electrons. The lowest BCUT2D eigenvalue weighted by Gasteiger charge is -2.23. The lowest BCUT2D eigenvalue weighted by atomic mass is 9.94. The van der Waals surface area contributed by atoms with Crippen LogP contribution in [-0.4, -0.2) is 65.2 Å². The lowest BCUT2D eigenvalue weighted by Crippen LogP contribution is -2.38. The molecule has 1 aromatic carbocycles. The predicted octanol–water partition coefficient (Wildman–Crippen LogP) is 10.5. The van der Waals surface area contributed by atoms with Crippen molar-refractivity contribution in [2.45, 2.75) is 136 Å². The first kappa shape index (κ1) is 40.6. The number of hydrogen-bond donors (Lipinski definition) is 1. The van der Waals surface area contributed by atoms with Crippen molar-refractivity contribution in [2.75, 3.05) is 13.2 Å². The lowest BCUT2D eigenvalue weighted by molar-refractivity contribution is 0.138. The second-order valence-electron chi connectivity index (χ2n) is 16.7. The molecule has 5 aliphatic heterocycles. The molecular formula is C49H58N10O2. The Morgan fingerprint density at radius 3 is 1.39 bits per heavy atom. The van der Waals surface area contributed by atoms with Crippen LogP contribution in [0.25, 0.3) is 0 Å². The molecule has 0 unspecified atom stereocenters. The molecule has 8 bridgehead atoms. The number of benzene rings is 1. The fraction of sp³-hybridized carbons (Fsp3) is 0.469. The van der Waals surface area contributed by atoms with Gasteiger partial charge >= 0.3 is 0 Å². The summed E-state index contributed by atoms with van der Waals surface area (Å²) in [6.07, 6.45) is 27.1. The van der Waals surface area contributed by atoms with Gasteiger partial charge in [0.05, 0.1) is 19.8 Å². The molecule has 316 valence electrons. The number of hydrazine groups is 1. The largest absolute Gasteiger partial charge is 0.494 e. The monoisotopic (exact) mass is 818 g/mol. The SMILES string of the molecule is CCCCCCCCOC1=C(OCCCCCCCC)CC2=C(C1)C1=NC3=NC(=NC4=NC(=NC5=NC(=NC2=N1)C1=C5CC=CC1)N(Cc1ccccc1)N4)C1=C3CC=CC1. The Hall–Kier alpha value is -5.78. The van der Waals surface area contributed by atoms with Crippen LogP contribution in [0.2, 0.25) is 0 Å². The van der Waals surface area contributed by atoms with Crippen LogP contribution in [0.5, 0.6) is 0 Å². The fourth-order valence-corrected chi connectivity index (χ4v) is 8.80. The zero-order valence-corrected chi connectivity index (χ0v) is 35.9. The summed E-state index contributed by atoms with van der Waals surface area (Å²) in [5.41, 5.74) is 10.8. The van der Waals surface area contributed by atoms with Crippen LogP contribution in [0.1, 0.15) is 135 Å². The molecular weight excluding hydrogens is 761 g/mol. The Morgan fingerprint density at radius 1 is 0.475 bits per heavy atom. The molecule has 9 rings (SSSR count). The van der Waals surface area contributed by atoms with Gasteiger partial charge in [0, 0.05) is 46.3 Å². The molecule has 5 heterocycles. The number of amidine groups is 6. The standard InChI is InChI=1S/C49H58N10O2/c1-3-5-7-9-11-20-28-60-40-30-38-39(31-41(40)61-29-21-12-10-8-6-4-2)47-53-43-35-25-17-19-27-37(35)45(51-43)56-49-57-48(58-59(49)32-33-22-14-13-15-23-33)55-44-36-26-18-16-24-34(36)42(50-44)52-46(38)54-47/h13-19,22-23H,3-12,20-21,24-32H2,1-2H3,(H,50,51,52,53,54,55,56,57,58). The normalized spacial score (nSPS) is 20.1. The maximum Gasteiger partial charge on any atom is 0.250 e. The van der Waals surface area contributed by atoms with E-state index in [1.165, 1.54) is 51.4 Å². The Balaban J connectivity index is 1.08. The van der Waals surface area contributed by atoms with Crippen molar-refractivity contribution in [3.8, 4) is 0 Å². The number of guanidine groups is 2. The molecule has 1 aromatic rings. The number of ether oxygens (including phenoxy) is 2. The van der Waals surface area contributed by atoms with E-state index >= 15 is 0 Å². The smallest absolute Gasteiger partial charge is 0.250 e. The second kappa shape index (κ2) is 19.3. The molecule has 0 amide bonds. The highest BCUT2D eigenvalue weighted by atomic mass is 16.5. The first-order valence-electron chi connectivity index (χ1n) is 22.9. The van der Waals surface area contributed by atoms with Crippen molar-refractivity contribution in [3.05, 3.63) is 105 Å². The van der Waals surface area contributed by atoms with Gasteiger partial charge in [-0.1, -0.05) is 133 Å². The van der Waals surface area contributed by atoms with Gasteiger partial charge in [-0.25, -0.2) is 30.0 Å². The zero-order valence-electron chi connectivity index (χ0n) is 35.9. The molecule has 12 nitrogen and oxygen atoms in total. The van der Waals surface area contributed by atoms with Crippen molar-refractivity contribution in [3.63, 3.8) is 0 Å². The summed E-state index contributed by atoms with van der Waals surface area (Å²) in [4.78, 5) is 41.2. The van der Waals surface area contributed by atoms with Gasteiger partial charge in [-0.15, -0.1) is 0 Å². The number of hydrogen-bond acceptors (Lipinski definition) is 12. The van der Waals surface area contributed by atoms with E-state index in [1.807, 2.05) is 23.2 Å². The van der Waals surface area contributed by atoms with Gasteiger partial charge in [0.1, 0.15) is 11.5 Å². The van der Waals surface area contributed by atoms with E-state index in [0.29, 0.717) is 105 Å². The predicted molar refractivity (Wildman–Crippen MR) is 247 cm³/mol. The zero-order chi connectivity index (χ0) is 41.4. The van der Waals surface area contributed by atoms with E-state index in [9.17, 15) is 0 Å². The third-order valence-corrected chi connectivity index (χ3v) is 12.2. The maximum atomic E-state index is 6.66. The van der Waals surface area contributed by atoms with Crippen LogP contribution in [0.3, 0.4) is 0 Å². The number of fused-ring (bicyclic) bond motifs is 10. The average Bonchev–Trinajstić information content (AvgIpc) is 4.03. The minimum Gasteiger partial charge on any atom is -0.494 e. The molecule has 3 aliphatic carbocycles. The summed E-state index contributed by atoms with van der Waals surface area (Å²) in [6.45, 7) is 6.38. The van der Waals surface area contributed by atoms with Gasteiger partial charge in [-0.2, -0.15) is 15.0 Å². The Labute approximate surface area is 360 Å². The number of allylic oxidation sites excluding steroid dienone is 6. The highest BCUT2D eigenvalue weighted by Gasteiger charge is 2.37. The Kier molecular flexibility index (Phi) is 12.8. The Bertz CT molecular complexity index is 2340. The molecule has 1 N–H and O–H groups in total. The second-order valence-corrected chi connectivity index (χ2v) is 16.7. The highest BCUT2D eigenvalue weighted by Crippen LogP contribution is 2.39.